The summed E-state index contributed by atoms with van der Waals surface area (Å²) in [5.74, 6) is 1.45. The van der Waals surface area contributed by atoms with Crippen LogP contribution in [0.25, 0.3) is 0 Å². The van der Waals surface area contributed by atoms with Crippen LogP contribution in [0.5, 0.6) is 0 Å². The number of hydrogen-bond acceptors (Lipinski definition) is 7. The number of piperidine rings is 1. The monoisotopic (exact) mass is 421 g/mol. The molecule has 29 heavy (non-hydrogen) atoms. The van der Waals surface area contributed by atoms with Crippen molar-refractivity contribution in [1.82, 2.24) is 24.5 Å². The lowest BCUT2D eigenvalue weighted by Crippen LogP contribution is -2.31. The second kappa shape index (κ2) is 9.08. The lowest BCUT2D eigenvalue weighted by atomic mass is 10.1. The van der Waals surface area contributed by atoms with Gasteiger partial charge in [0.1, 0.15) is 10.7 Å². The first-order valence-electron chi connectivity index (χ1n) is 10.2. The van der Waals surface area contributed by atoms with Gasteiger partial charge in [-0.25, -0.2) is 18.1 Å². The number of hydrogen-bond donors (Lipinski definition) is 2. The van der Waals surface area contributed by atoms with E-state index in [1.807, 2.05) is 19.9 Å². The normalized spacial score (nSPS) is 15.0. The third-order valence-corrected chi connectivity index (χ3v) is 6.82. The van der Waals surface area contributed by atoms with E-state index in [1.54, 1.807) is 18.5 Å². The molecule has 1 aliphatic heterocycles. The molecular weight excluding hydrogens is 390 g/mol. The van der Waals surface area contributed by atoms with Crippen LogP contribution in [0.15, 0.2) is 11.0 Å². The van der Waals surface area contributed by atoms with E-state index in [0.29, 0.717) is 30.4 Å². The Morgan fingerprint density at radius 2 is 1.79 bits per heavy atom. The summed E-state index contributed by atoms with van der Waals surface area (Å²) >= 11 is 0. The Morgan fingerprint density at radius 3 is 2.45 bits per heavy atom. The van der Waals surface area contributed by atoms with Gasteiger partial charge >= 0.3 is 0 Å². The Labute approximate surface area is 173 Å². The maximum atomic E-state index is 12.7. The van der Waals surface area contributed by atoms with Gasteiger partial charge in [0.25, 0.3) is 0 Å². The van der Waals surface area contributed by atoms with Crippen LogP contribution in [0.1, 0.15) is 43.3 Å². The standard InChI is InChI=1S/C19H31N7O2S/c1-5-26-16(4)18(15(3)24-26)29(27,28)21-10-9-20-19-22-14(2)13-17(23-19)25-11-7-6-8-12-25/h13,21H,5-12H2,1-4H3,(H,20,22,23). The maximum Gasteiger partial charge on any atom is 0.244 e. The first kappa shape index (κ1) is 21.5. The molecule has 2 aromatic rings. The van der Waals surface area contributed by atoms with Crippen LogP contribution in [-0.2, 0) is 16.6 Å². The molecule has 0 amide bonds. The zero-order valence-electron chi connectivity index (χ0n) is 17.7. The molecule has 0 saturated carbocycles. The van der Waals surface area contributed by atoms with Crippen molar-refractivity contribution in [2.75, 3.05) is 36.4 Å². The van der Waals surface area contributed by atoms with Crippen LogP contribution >= 0.6 is 0 Å². The Balaban J connectivity index is 1.60. The molecule has 0 atom stereocenters. The fourth-order valence-electron chi connectivity index (χ4n) is 3.73. The Bertz CT molecular complexity index is 950. The first-order chi connectivity index (χ1) is 13.8. The van der Waals surface area contributed by atoms with Gasteiger partial charge in [0.05, 0.1) is 11.4 Å². The lowest BCUT2D eigenvalue weighted by molar-refractivity contribution is 0.573. The van der Waals surface area contributed by atoms with Crippen molar-refractivity contribution in [2.45, 2.75) is 58.4 Å². The minimum Gasteiger partial charge on any atom is -0.356 e. The highest BCUT2D eigenvalue weighted by atomic mass is 32.2. The van der Waals surface area contributed by atoms with E-state index in [9.17, 15) is 8.42 Å². The quantitative estimate of drug-likeness (QED) is 0.628. The number of aryl methyl sites for hydroxylation is 3. The molecule has 0 spiro atoms. The second-order valence-corrected chi connectivity index (χ2v) is 9.08. The van der Waals surface area contributed by atoms with Crippen molar-refractivity contribution in [2.24, 2.45) is 0 Å². The molecule has 0 radical (unpaired) electrons. The summed E-state index contributed by atoms with van der Waals surface area (Å²) in [5, 5.41) is 7.43. The van der Waals surface area contributed by atoms with Crippen molar-refractivity contribution in [3.63, 3.8) is 0 Å². The molecule has 0 aliphatic carbocycles. The van der Waals surface area contributed by atoms with Crippen molar-refractivity contribution in [3.8, 4) is 0 Å². The van der Waals surface area contributed by atoms with Gasteiger partial charge < -0.3 is 10.2 Å². The van der Waals surface area contributed by atoms with E-state index in [2.05, 4.69) is 30.0 Å². The molecule has 0 aromatic carbocycles. The van der Waals surface area contributed by atoms with Crippen LogP contribution < -0.4 is 14.9 Å². The lowest BCUT2D eigenvalue weighted by Gasteiger charge is -2.28. The molecule has 160 valence electrons. The minimum atomic E-state index is -3.62. The largest absolute Gasteiger partial charge is 0.356 e. The third kappa shape index (κ3) is 5.05. The van der Waals surface area contributed by atoms with Gasteiger partial charge in [-0.1, -0.05) is 0 Å². The molecule has 0 bridgehead atoms. The van der Waals surface area contributed by atoms with E-state index in [0.717, 1.165) is 24.6 Å². The molecule has 2 aromatic heterocycles. The van der Waals surface area contributed by atoms with Crippen LogP contribution in [0, 0.1) is 20.8 Å². The zero-order valence-corrected chi connectivity index (χ0v) is 18.5. The summed E-state index contributed by atoms with van der Waals surface area (Å²) in [6.07, 6.45) is 3.63. The number of aromatic nitrogens is 4. The molecule has 1 aliphatic rings. The number of nitrogens with zero attached hydrogens (tertiary/aromatic N) is 5. The molecule has 10 heteroatoms. The molecule has 0 unspecified atom stereocenters. The van der Waals surface area contributed by atoms with Crippen molar-refractivity contribution in [1.29, 1.82) is 0 Å². The molecule has 1 saturated heterocycles. The smallest absolute Gasteiger partial charge is 0.244 e. The zero-order chi connectivity index (χ0) is 21.0. The van der Waals surface area contributed by atoms with Crippen molar-refractivity contribution >= 4 is 21.8 Å². The summed E-state index contributed by atoms with van der Waals surface area (Å²) in [6, 6.07) is 2.00. The molecular formula is C19H31N7O2S. The van der Waals surface area contributed by atoms with E-state index < -0.39 is 10.0 Å². The van der Waals surface area contributed by atoms with E-state index >= 15 is 0 Å². The van der Waals surface area contributed by atoms with Crippen LogP contribution in [0.3, 0.4) is 0 Å². The Kier molecular flexibility index (Phi) is 6.74. The van der Waals surface area contributed by atoms with Gasteiger partial charge in [-0.3, -0.25) is 4.68 Å². The predicted octanol–water partition coefficient (Wildman–Crippen LogP) is 2.00. The van der Waals surface area contributed by atoms with Crippen molar-refractivity contribution in [3.05, 3.63) is 23.1 Å². The third-order valence-electron chi connectivity index (χ3n) is 5.10. The van der Waals surface area contributed by atoms with E-state index in [-0.39, 0.29) is 11.4 Å². The van der Waals surface area contributed by atoms with Gasteiger partial charge in [0.15, 0.2) is 0 Å². The highest BCUT2D eigenvalue weighted by Gasteiger charge is 2.23. The Morgan fingerprint density at radius 1 is 1.07 bits per heavy atom. The fraction of sp³-hybridized carbons (Fsp3) is 0.632. The number of anilines is 2. The number of nitrogens with one attached hydrogen (secondary N) is 2. The van der Waals surface area contributed by atoms with Gasteiger partial charge in [-0.05, 0) is 47.0 Å². The average Bonchev–Trinajstić information content (AvgIpc) is 2.99. The van der Waals surface area contributed by atoms with Gasteiger partial charge in [0, 0.05) is 44.5 Å². The fourth-order valence-corrected chi connectivity index (χ4v) is 5.16. The van der Waals surface area contributed by atoms with Crippen molar-refractivity contribution < 1.29 is 8.42 Å². The van der Waals surface area contributed by atoms with Gasteiger partial charge in [0.2, 0.25) is 16.0 Å². The molecule has 2 N–H and O–H groups in total. The first-order valence-corrected chi connectivity index (χ1v) is 11.7. The van der Waals surface area contributed by atoms with Gasteiger partial charge in [-0.15, -0.1) is 0 Å². The maximum absolute atomic E-state index is 12.7. The minimum absolute atomic E-state index is 0.231. The molecule has 3 rings (SSSR count). The number of sulfonamides is 1. The molecule has 3 heterocycles. The molecule has 9 nitrogen and oxygen atoms in total. The van der Waals surface area contributed by atoms with Crippen LogP contribution in [0.4, 0.5) is 11.8 Å². The van der Waals surface area contributed by atoms with E-state index in [4.69, 9.17) is 0 Å². The Hall–Kier alpha value is -2.20. The topological polar surface area (TPSA) is 105 Å². The summed E-state index contributed by atoms with van der Waals surface area (Å²) in [7, 11) is -3.62. The molecule has 1 fully saturated rings. The highest BCUT2D eigenvalue weighted by Crippen LogP contribution is 2.20. The summed E-state index contributed by atoms with van der Waals surface area (Å²) < 4.78 is 29.7. The SMILES string of the molecule is CCn1nc(C)c(S(=O)(=O)NCCNc2nc(C)cc(N3CCCCC3)n2)c1C. The summed E-state index contributed by atoms with van der Waals surface area (Å²) in [6.45, 7) is 10.7. The average molecular weight is 422 g/mol. The number of rotatable bonds is 8. The van der Waals surface area contributed by atoms with Crippen LogP contribution in [0.2, 0.25) is 0 Å². The highest BCUT2D eigenvalue weighted by molar-refractivity contribution is 7.89. The van der Waals surface area contributed by atoms with E-state index in [1.165, 1.54) is 19.3 Å². The summed E-state index contributed by atoms with van der Waals surface area (Å²) in [5.41, 5.74) is 2.05. The van der Waals surface area contributed by atoms with Gasteiger partial charge in [-0.2, -0.15) is 10.1 Å². The van der Waals surface area contributed by atoms with Crippen LogP contribution in [-0.4, -0.2) is 54.3 Å². The second-order valence-electron chi connectivity index (χ2n) is 7.38. The predicted molar refractivity (Wildman–Crippen MR) is 114 cm³/mol. The summed E-state index contributed by atoms with van der Waals surface area (Å²) in [4.78, 5) is 11.6.